The van der Waals surface area contributed by atoms with Gasteiger partial charge in [-0.25, -0.2) is 4.79 Å². The first-order valence-electron chi connectivity index (χ1n) is 6.19. The van der Waals surface area contributed by atoms with Crippen LogP contribution in [0.25, 0.3) is 11.0 Å². The molecule has 0 saturated carbocycles. The van der Waals surface area contributed by atoms with Crippen LogP contribution in [-0.4, -0.2) is 6.21 Å². The quantitative estimate of drug-likeness (QED) is 0.449. The molecule has 1 N–H and O–H groups in total. The average Bonchev–Trinajstić information content (AvgIpc) is 2.48. The van der Waals surface area contributed by atoms with Gasteiger partial charge in [-0.1, -0.05) is 30.3 Å². The fourth-order valence-electron chi connectivity index (χ4n) is 1.85. The number of nitrogens with zero attached hydrogens (tertiary/aromatic N) is 1. The Balaban J connectivity index is 1.82. The lowest BCUT2D eigenvalue weighted by atomic mass is 10.2. The Morgan fingerprint density at radius 3 is 2.65 bits per heavy atom. The van der Waals surface area contributed by atoms with Crippen molar-refractivity contribution >= 4 is 22.9 Å². The molecule has 3 aromatic rings. The molecular formula is C16H12N2O2. The predicted molar refractivity (Wildman–Crippen MR) is 80.1 cm³/mol. The van der Waals surface area contributed by atoms with Gasteiger partial charge in [-0.3, -0.25) is 5.43 Å². The molecule has 0 bridgehead atoms. The lowest BCUT2D eigenvalue weighted by Gasteiger charge is -1.99. The van der Waals surface area contributed by atoms with E-state index in [1.54, 1.807) is 18.3 Å². The molecule has 0 aliphatic heterocycles. The zero-order valence-corrected chi connectivity index (χ0v) is 10.6. The van der Waals surface area contributed by atoms with Crippen LogP contribution in [0, 0.1) is 0 Å². The second-order valence-electron chi connectivity index (χ2n) is 4.29. The van der Waals surface area contributed by atoms with E-state index in [1.807, 2.05) is 42.5 Å². The van der Waals surface area contributed by atoms with Crippen LogP contribution in [0.4, 0.5) is 5.69 Å². The van der Waals surface area contributed by atoms with Crippen LogP contribution in [0.2, 0.25) is 0 Å². The van der Waals surface area contributed by atoms with Crippen LogP contribution in [0.5, 0.6) is 0 Å². The summed E-state index contributed by atoms with van der Waals surface area (Å²) < 4.78 is 5.13. The summed E-state index contributed by atoms with van der Waals surface area (Å²) >= 11 is 0. The van der Waals surface area contributed by atoms with Gasteiger partial charge in [0.1, 0.15) is 5.58 Å². The molecule has 3 rings (SSSR count). The maximum Gasteiger partial charge on any atom is 0.336 e. The van der Waals surface area contributed by atoms with Crippen LogP contribution in [0.1, 0.15) is 5.56 Å². The summed E-state index contributed by atoms with van der Waals surface area (Å²) in [6.07, 6.45) is 1.68. The summed E-state index contributed by atoms with van der Waals surface area (Å²) in [5.41, 5.74) is 4.90. The van der Waals surface area contributed by atoms with Gasteiger partial charge in [-0.15, -0.1) is 0 Å². The van der Waals surface area contributed by atoms with E-state index < -0.39 is 0 Å². The average molecular weight is 264 g/mol. The number of anilines is 1. The van der Waals surface area contributed by atoms with E-state index in [-0.39, 0.29) is 5.63 Å². The standard InChI is InChI=1S/C16H12N2O2/c19-16-9-8-13-7-6-12(10-15(13)20-16)11-17-18-14-4-2-1-3-5-14/h1-11,18H/b17-11+. The molecule has 0 atom stereocenters. The van der Waals surface area contributed by atoms with Crippen molar-refractivity contribution in [1.29, 1.82) is 0 Å². The van der Waals surface area contributed by atoms with E-state index in [0.29, 0.717) is 5.58 Å². The summed E-state index contributed by atoms with van der Waals surface area (Å²) in [6, 6.07) is 18.4. The van der Waals surface area contributed by atoms with Crippen molar-refractivity contribution < 1.29 is 4.42 Å². The summed E-state index contributed by atoms with van der Waals surface area (Å²) in [4.78, 5) is 11.2. The smallest absolute Gasteiger partial charge is 0.336 e. The highest BCUT2D eigenvalue weighted by Crippen LogP contribution is 2.13. The number of para-hydroxylation sites is 1. The summed E-state index contributed by atoms with van der Waals surface area (Å²) in [7, 11) is 0. The molecule has 20 heavy (non-hydrogen) atoms. The van der Waals surface area contributed by atoms with Crippen LogP contribution in [-0.2, 0) is 0 Å². The van der Waals surface area contributed by atoms with Gasteiger partial charge in [0, 0.05) is 11.5 Å². The van der Waals surface area contributed by atoms with Gasteiger partial charge in [0.05, 0.1) is 11.9 Å². The molecule has 4 heteroatoms. The van der Waals surface area contributed by atoms with Gasteiger partial charge in [0.2, 0.25) is 0 Å². The molecule has 1 aromatic heterocycles. The van der Waals surface area contributed by atoms with Crippen molar-refractivity contribution in [2.24, 2.45) is 5.10 Å². The van der Waals surface area contributed by atoms with Crippen LogP contribution >= 0.6 is 0 Å². The number of rotatable bonds is 3. The van der Waals surface area contributed by atoms with E-state index in [4.69, 9.17) is 4.42 Å². The summed E-state index contributed by atoms with van der Waals surface area (Å²) in [5.74, 6) is 0. The van der Waals surface area contributed by atoms with Crippen molar-refractivity contribution in [2.75, 3.05) is 5.43 Å². The third-order valence-electron chi connectivity index (χ3n) is 2.83. The third-order valence-corrected chi connectivity index (χ3v) is 2.83. The maximum absolute atomic E-state index is 11.2. The van der Waals surface area contributed by atoms with Crippen molar-refractivity contribution in [3.8, 4) is 0 Å². The molecule has 1 heterocycles. The molecule has 0 amide bonds. The lowest BCUT2D eigenvalue weighted by Crippen LogP contribution is -1.95. The second kappa shape index (κ2) is 5.40. The summed E-state index contributed by atoms with van der Waals surface area (Å²) in [5, 5.41) is 5.03. The van der Waals surface area contributed by atoms with E-state index in [1.165, 1.54) is 6.07 Å². The SMILES string of the molecule is O=c1ccc2ccc(/C=N/Nc3ccccc3)cc2o1. The Kier molecular flexibility index (Phi) is 3.29. The highest BCUT2D eigenvalue weighted by Gasteiger charge is 1.97. The molecule has 0 aliphatic rings. The van der Waals surface area contributed by atoms with Crippen molar-refractivity contribution in [3.63, 3.8) is 0 Å². The third kappa shape index (κ3) is 2.75. The second-order valence-corrected chi connectivity index (χ2v) is 4.29. The van der Waals surface area contributed by atoms with Crippen molar-refractivity contribution in [1.82, 2.24) is 0 Å². The molecule has 2 aromatic carbocycles. The lowest BCUT2D eigenvalue weighted by molar-refractivity contribution is 0.561. The van der Waals surface area contributed by atoms with E-state index in [0.717, 1.165) is 16.6 Å². The Morgan fingerprint density at radius 2 is 1.80 bits per heavy atom. The fourth-order valence-corrected chi connectivity index (χ4v) is 1.85. The molecule has 0 aliphatic carbocycles. The molecule has 0 saturated heterocycles. The van der Waals surface area contributed by atoms with Gasteiger partial charge in [-0.2, -0.15) is 5.10 Å². The van der Waals surface area contributed by atoms with E-state index in [9.17, 15) is 4.79 Å². The number of nitrogens with one attached hydrogen (secondary N) is 1. The molecule has 0 radical (unpaired) electrons. The zero-order valence-electron chi connectivity index (χ0n) is 10.6. The van der Waals surface area contributed by atoms with E-state index >= 15 is 0 Å². The van der Waals surface area contributed by atoms with Crippen LogP contribution < -0.4 is 11.1 Å². The molecule has 98 valence electrons. The van der Waals surface area contributed by atoms with Gasteiger partial charge in [-0.05, 0) is 29.8 Å². The highest BCUT2D eigenvalue weighted by atomic mass is 16.4. The van der Waals surface area contributed by atoms with Gasteiger partial charge in [0.15, 0.2) is 0 Å². The minimum atomic E-state index is -0.353. The number of hydrogen-bond donors (Lipinski definition) is 1. The predicted octanol–water partition coefficient (Wildman–Crippen LogP) is 3.24. The van der Waals surface area contributed by atoms with Crippen LogP contribution in [0.3, 0.4) is 0 Å². The van der Waals surface area contributed by atoms with Gasteiger partial charge >= 0.3 is 5.63 Å². The topological polar surface area (TPSA) is 54.6 Å². The number of benzene rings is 2. The normalized spacial score (nSPS) is 11.0. The van der Waals surface area contributed by atoms with Gasteiger partial charge in [0.25, 0.3) is 0 Å². The molecule has 0 unspecified atom stereocenters. The Bertz CT molecular complexity index is 807. The number of hydrazone groups is 1. The largest absolute Gasteiger partial charge is 0.423 e. The molecule has 4 nitrogen and oxygen atoms in total. The van der Waals surface area contributed by atoms with Crippen molar-refractivity contribution in [3.05, 3.63) is 76.6 Å². The summed E-state index contributed by atoms with van der Waals surface area (Å²) in [6.45, 7) is 0. The first-order chi connectivity index (χ1) is 9.81. The molecular weight excluding hydrogens is 252 g/mol. The Morgan fingerprint density at radius 1 is 1.00 bits per heavy atom. The molecule has 0 spiro atoms. The Labute approximate surface area is 115 Å². The van der Waals surface area contributed by atoms with E-state index in [2.05, 4.69) is 10.5 Å². The minimum absolute atomic E-state index is 0.353. The first-order valence-corrected chi connectivity index (χ1v) is 6.19. The minimum Gasteiger partial charge on any atom is -0.423 e. The molecule has 0 fully saturated rings. The first kappa shape index (κ1) is 12.2. The fraction of sp³-hybridized carbons (Fsp3) is 0. The maximum atomic E-state index is 11.2. The number of hydrogen-bond acceptors (Lipinski definition) is 4. The van der Waals surface area contributed by atoms with Crippen molar-refractivity contribution in [2.45, 2.75) is 0 Å². The van der Waals surface area contributed by atoms with Gasteiger partial charge < -0.3 is 4.42 Å². The highest BCUT2D eigenvalue weighted by molar-refractivity contribution is 5.87. The van der Waals surface area contributed by atoms with Crippen LogP contribution in [0.15, 0.2) is 75.0 Å². The Hall–Kier alpha value is -2.88. The zero-order chi connectivity index (χ0) is 13.8. The monoisotopic (exact) mass is 264 g/mol. The number of fused-ring (bicyclic) bond motifs is 1.